The number of carbonyl (C=O) groups is 1. The normalized spacial score (nSPS) is 26.5. The van der Waals surface area contributed by atoms with Gasteiger partial charge in [-0.05, 0) is 13.8 Å². The Balaban J connectivity index is 2.96. The van der Waals surface area contributed by atoms with Crippen molar-refractivity contribution in [2.24, 2.45) is 5.41 Å². The highest BCUT2D eigenvalue weighted by Gasteiger charge is 2.26. The number of hydrogen-bond donors (Lipinski definition) is 1. The maximum absolute atomic E-state index is 11.5. The first-order valence-electron chi connectivity index (χ1n) is 4.36. The van der Waals surface area contributed by atoms with Gasteiger partial charge in [-0.2, -0.15) is 0 Å². The van der Waals surface area contributed by atoms with E-state index < -0.39 is 5.41 Å². The minimum atomic E-state index is -0.511. The molecule has 0 aromatic heterocycles. The summed E-state index contributed by atoms with van der Waals surface area (Å²) in [5, 5.41) is 2.65. The quantitative estimate of drug-likeness (QED) is 0.650. The monoisotopic (exact) mass is 177 g/mol. The second-order valence-corrected chi connectivity index (χ2v) is 3.46. The molecule has 13 heavy (non-hydrogen) atoms. The Bertz CT molecular complexity index is 299. The van der Waals surface area contributed by atoms with Gasteiger partial charge in [-0.15, -0.1) is 0 Å². The fraction of sp³-hybridized carbons (Fsp3) is 0.364. The minimum absolute atomic E-state index is 0.0168. The van der Waals surface area contributed by atoms with Gasteiger partial charge in [-0.1, -0.05) is 36.0 Å². The smallest absolute Gasteiger partial charge is 0.233 e. The molecule has 0 aliphatic heterocycles. The van der Waals surface area contributed by atoms with Crippen molar-refractivity contribution in [3.05, 3.63) is 36.0 Å². The lowest BCUT2D eigenvalue weighted by molar-refractivity contribution is -0.125. The van der Waals surface area contributed by atoms with Gasteiger partial charge in [0.2, 0.25) is 5.91 Å². The number of hydrogen-bond acceptors (Lipinski definition) is 1. The zero-order valence-electron chi connectivity index (χ0n) is 8.29. The molecule has 0 saturated heterocycles. The van der Waals surface area contributed by atoms with Crippen LogP contribution < -0.4 is 5.32 Å². The number of amides is 1. The number of nitrogens with one attached hydrogen (secondary N) is 1. The average molecular weight is 177 g/mol. The van der Waals surface area contributed by atoms with Crippen molar-refractivity contribution in [3.8, 4) is 0 Å². The van der Waals surface area contributed by atoms with Crippen LogP contribution in [-0.2, 0) is 4.79 Å². The predicted molar refractivity (Wildman–Crippen MR) is 54.2 cm³/mol. The first-order valence-corrected chi connectivity index (χ1v) is 4.36. The van der Waals surface area contributed by atoms with Crippen molar-refractivity contribution in [2.45, 2.75) is 13.8 Å². The Kier molecular flexibility index (Phi) is 2.71. The predicted octanol–water partition coefficient (Wildman–Crippen LogP) is 1.81. The van der Waals surface area contributed by atoms with Crippen molar-refractivity contribution in [1.82, 2.24) is 5.32 Å². The second kappa shape index (κ2) is 3.60. The minimum Gasteiger partial charge on any atom is -0.358 e. The molecule has 0 bridgehead atoms. The summed E-state index contributed by atoms with van der Waals surface area (Å²) in [6.07, 6.45) is 9.70. The zero-order valence-corrected chi connectivity index (χ0v) is 8.29. The van der Waals surface area contributed by atoms with Crippen LogP contribution >= 0.6 is 0 Å². The fourth-order valence-electron chi connectivity index (χ4n) is 1.24. The Morgan fingerprint density at radius 3 is 2.77 bits per heavy atom. The lowest BCUT2D eigenvalue weighted by atomic mass is 9.89. The van der Waals surface area contributed by atoms with E-state index in [9.17, 15) is 4.79 Å². The largest absolute Gasteiger partial charge is 0.358 e. The van der Waals surface area contributed by atoms with Gasteiger partial charge < -0.3 is 5.32 Å². The molecule has 0 fully saturated rings. The first-order chi connectivity index (χ1) is 6.08. The topological polar surface area (TPSA) is 29.1 Å². The van der Waals surface area contributed by atoms with Crippen LogP contribution in [0.3, 0.4) is 0 Å². The molecule has 70 valence electrons. The van der Waals surface area contributed by atoms with Gasteiger partial charge in [-0.25, -0.2) is 0 Å². The summed E-state index contributed by atoms with van der Waals surface area (Å²) in [7, 11) is 1.65. The molecule has 0 aromatic rings. The van der Waals surface area contributed by atoms with Crippen LogP contribution in [0, 0.1) is 5.41 Å². The molecule has 0 heterocycles. The third-order valence-corrected chi connectivity index (χ3v) is 2.21. The molecule has 2 heteroatoms. The van der Waals surface area contributed by atoms with Crippen molar-refractivity contribution >= 4 is 5.91 Å². The van der Waals surface area contributed by atoms with E-state index in [1.807, 2.05) is 44.2 Å². The van der Waals surface area contributed by atoms with Crippen molar-refractivity contribution in [3.63, 3.8) is 0 Å². The molecule has 1 aliphatic rings. The van der Waals surface area contributed by atoms with E-state index in [0.29, 0.717) is 0 Å². The molecule has 1 atom stereocenters. The van der Waals surface area contributed by atoms with Gasteiger partial charge in [0.1, 0.15) is 0 Å². The summed E-state index contributed by atoms with van der Waals surface area (Å²) in [4.78, 5) is 11.5. The summed E-state index contributed by atoms with van der Waals surface area (Å²) in [6, 6.07) is 0. The SMILES string of the molecule is CNC(=O)C1(C)C=CC=C(C)C=C1. The molecule has 1 N–H and O–H groups in total. The molecule has 1 amide bonds. The van der Waals surface area contributed by atoms with E-state index in [1.54, 1.807) is 7.05 Å². The zero-order chi connectivity index (χ0) is 9.90. The molecule has 0 aromatic carbocycles. The highest BCUT2D eigenvalue weighted by Crippen LogP contribution is 2.23. The summed E-state index contributed by atoms with van der Waals surface area (Å²) in [5.74, 6) is 0.0168. The first kappa shape index (κ1) is 9.78. The molecule has 0 radical (unpaired) electrons. The van der Waals surface area contributed by atoms with Gasteiger partial charge in [-0.3, -0.25) is 4.79 Å². The van der Waals surface area contributed by atoms with Crippen LogP contribution in [0.5, 0.6) is 0 Å². The van der Waals surface area contributed by atoms with Crippen molar-refractivity contribution in [1.29, 1.82) is 0 Å². The molecule has 0 spiro atoms. The van der Waals surface area contributed by atoms with Crippen LogP contribution in [0.25, 0.3) is 0 Å². The van der Waals surface area contributed by atoms with Crippen molar-refractivity contribution in [2.75, 3.05) is 7.05 Å². The summed E-state index contributed by atoms with van der Waals surface area (Å²) >= 11 is 0. The van der Waals surface area contributed by atoms with E-state index in [1.165, 1.54) is 0 Å². The van der Waals surface area contributed by atoms with E-state index >= 15 is 0 Å². The Morgan fingerprint density at radius 2 is 2.15 bits per heavy atom. The molecule has 1 unspecified atom stereocenters. The maximum Gasteiger partial charge on any atom is 0.233 e. The molecule has 0 saturated carbocycles. The molecular weight excluding hydrogens is 162 g/mol. The van der Waals surface area contributed by atoms with Gasteiger partial charge in [0.25, 0.3) is 0 Å². The van der Waals surface area contributed by atoms with Crippen LogP contribution in [0.1, 0.15) is 13.8 Å². The van der Waals surface area contributed by atoms with E-state index in [4.69, 9.17) is 0 Å². The highest BCUT2D eigenvalue weighted by molar-refractivity contribution is 5.86. The van der Waals surface area contributed by atoms with Crippen molar-refractivity contribution < 1.29 is 4.79 Å². The van der Waals surface area contributed by atoms with Crippen LogP contribution in [0.2, 0.25) is 0 Å². The van der Waals surface area contributed by atoms with Gasteiger partial charge in [0.05, 0.1) is 5.41 Å². The standard InChI is InChI=1S/C11H15NO/c1-9-5-4-7-11(2,8-6-9)10(13)12-3/h4-8H,1-3H3,(H,12,13). The lowest BCUT2D eigenvalue weighted by Gasteiger charge is -2.18. The third kappa shape index (κ3) is 2.08. The molecule has 1 rings (SSSR count). The number of rotatable bonds is 1. The second-order valence-electron chi connectivity index (χ2n) is 3.46. The highest BCUT2D eigenvalue weighted by atomic mass is 16.2. The number of allylic oxidation sites excluding steroid dienone is 4. The number of carbonyl (C=O) groups excluding carboxylic acids is 1. The van der Waals surface area contributed by atoms with Crippen LogP contribution in [0.15, 0.2) is 36.0 Å². The summed E-state index contributed by atoms with van der Waals surface area (Å²) < 4.78 is 0. The van der Waals surface area contributed by atoms with E-state index in [-0.39, 0.29) is 5.91 Å². The average Bonchev–Trinajstić information content (AvgIpc) is 2.28. The molecule has 1 aliphatic carbocycles. The van der Waals surface area contributed by atoms with E-state index in [0.717, 1.165) is 5.57 Å². The Hall–Kier alpha value is -1.31. The maximum atomic E-state index is 11.5. The Morgan fingerprint density at radius 1 is 1.46 bits per heavy atom. The van der Waals surface area contributed by atoms with Crippen LogP contribution in [-0.4, -0.2) is 13.0 Å². The van der Waals surface area contributed by atoms with E-state index in [2.05, 4.69) is 5.32 Å². The van der Waals surface area contributed by atoms with Gasteiger partial charge in [0.15, 0.2) is 0 Å². The summed E-state index contributed by atoms with van der Waals surface area (Å²) in [5.41, 5.74) is 0.645. The molecule has 2 nitrogen and oxygen atoms in total. The van der Waals surface area contributed by atoms with Gasteiger partial charge in [0, 0.05) is 7.05 Å². The fourth-order valence-corrected chi connectivity index (χ4v) is 1.24. The summed E-state index contributed by atoms with van der Waals surface area (Å²) in [6.45, 7) is 3.90. The Labute approximate surface area is 79.0 Å². The van der Waals surface area contributed by atoms with Gasteiger partial charge >= 0.3 is 0 Å². The third-order valence-electron chi connectivity index (χ3n) is 2.21. The lowest BCUT2D eigenvalue weighted by Crippen LogP contribution is -2.33. The van der Waals surface area contributed by atoms with Crippen LogP contribution in [0.4, 0.5) is 0 Å². The molecular formula is C11H15NO.